The van der Waals surface area contributed by atoms with E-state index in [4.69, 9.17) is 0 Å². The normalized spacial score (nSPS) is 37.9. The molecule has 0 saturated heterocycles. The molecule has 0 nitrogen and oxygen atoms in total. The molecule has 0 aromatic carbocycles. The molecule has 0 aromatic rings. The van der Waals surface area contributed by atoms with Crippen molar-refractivity contribution in [3.63, 3.8) is 0 Å². The predicted octanol–water partition coefficient (Wildman–Crippen LogP) is 7.08. The second-order valence-corrected chi connectivity index (χ2v) is 8.77. The highest BCUT2D eigenvalue weighted by Crippen LogP contribution is 2.47. The van der Waals surface area contributed by atoms with Crippen LogP contribution in [0.3, 0.4) is 0 Å². The van der Waals surface area contributed by atoms with Crippen LogP contribution in [0.25, 0.3) is 0 Å². The van der Waals surface area contributed by atoms with Gasteiger partial charge in [0.2, 0.25) is 0 Å². The molecule has 21 heavy (non-hydrogen) atoms. The first-order chi connectivity index (χ1) is 10.1. The van der Waals surface area contributed by atoms with Gasteiger partial charge < -0.3 is 0 Å². The zero-order valence-corrected chi connectivity index (χ0v) is 15.2. The smallest absolute Gasteiger partial charge is 0.0352 e. The van der Waals surface area contributed by atoms with Gasteiger partial charge in [-0.05, 0) is 61.2 Å². The van der Waals surface area contributed by atoms with Crippen LogP contribution < -0.4 is 0 Å². The van der Waals surface area contributed by atoms with Crippen molar-refractivity contribution in [3.05, 3.63) is 0 Å². The quantitative estimate of drug-likeness (QED) is 0.459. The molecule has 0 N–H and O–H groups in total. The van der Waals surface area contributed by atoms with E-state index < -0.39 is 0 Å². The minimum Gasteiger partial charge on any atom is -0.0654 e. The van der Waals surface area contributed by atoms with Gasteiger partial charge in [0, 0.05) is 0 Å². The Kier molecular flexibility index (Phi) is 7.10. The fourth-order valence-electron chi connectivity index (χ4n) is 5.41. The van der Waals surface area contributed by atoms with Crippen LogP contribution in [0.2, 0.25) is 0 Å². The lowest BCUT2D eigenvalue weighted by Gasteiger charge is -2.44. The van der Waals surface area contributed by atoms with Gasteiger partial charge in [-0.3, -0.25) is 0 Å². The maximum Gasteiger partial charge on any atom is -0.0352 e. The molecule has 2 rings (SSSR count). The molecule has 2 aliphatic rings. The zero-order chi connectivity index (χ0) is 15.2. The molecule has 0 heterocycles. The van der Waals surface area contributed by atoms with E-state index >= 15 is 0 Å². The zero-order valence-electron chi connectivity index (χ0n) is 15.2. The molecule has 0 radical (unpaired) electrons. The van der Waals surface area contributed by atoms with E-state index in [1.807, 2.05) is 0 Å². The molecule has 0 aromatic heterocycles. The third kappa shape index (κ3) is 5.00. The van der Waals surface area contributed by atoms with Crippen LogP contribution in [-0.2, 0) is 0 Å². The first-order valence-electron chi connectivity index (χ1n) is 10.1. The Morgan fingerprint density at radius 3 is 2.24 bits per heavy atom. The first kappa shape index (κ1) is 17.4. The summed E-state index contributed by atoms with van der Waals surface area (Å²) in [5, 5.41) is 0. The van der Waals surface area contributed by atoms with Crippen molar-refractivity contribution < 1.29 is 0 Å². The maximum absolute atomic E-state index is 2.50. The third-order valence-corrected chi connectivity index (χ3v) is 6.79. The van der Waals surface area contributed by atoms with E-state index in [9.17, 15) is 0 Å². The standard InChI is InChI=1S/C21H40/c1-5-6-7-8-18-10-12-19(13-11-18)21-15-17(4)9-14-20(21)16(2)3/h16-21H,5-15H2,1-4H3/t17?,18?,19?,20-,21-/m0/s1. The Morgan fingerprint density at radius 2 is 1.62 bits per heavy atom. The maximum atomic E-state index is 2.50. The lowest BCUT2D eigenvalue weighted by Crippen LogP contribution is -2.34. The fourth-order valence-corrected chi connectivity index (χ4v) is 5.41. The van der Waals surface area contributed by atoms with E-state index in [0.717, 1.165) is 35.5 Å². The summed E-state index contributed by atoms with van der Waals surface area (Å²) < 4.78 is 0. The largest absolute Gasteiger partial charge is 0.0654 e. The molecular formula is C21H40. The average molecular weight is 293 g/mol. The van der Waals surface area contributed by atoms with Crippen LogP contribution in [0.5, 0.6) is 0 Å². The van der Waals surface area contributed by atoms with Crippen molar-refractivity contribution in [2.75, 3.05) is 0 Å². The van der Waals surface area contributed by atoms with E-state index in [1.54, 1.807) is 25.7 Å². The van der Waals surface area contributed by atoms with E-state index in [2.05, 4.69) is 27.7 Å². The molecule has 2 aliphatic carbocycles. The first-order valence-corrected chi connectivity index (χ1v) is 10.1. The van der Waals surface area contributed by atoms with Crippen LogP contribution in [-0.4, -0.2) is 0 Å². The van der Waals surface area contributed by atoms with Crippen LogP contribution in [0.4, 0.5) is 0 Å². The molecule has 1 unspecified atom stereocenters. The van der Waals surface area contributed by atoms with Gasteiger partial charge in [0.25, 0.3) is 0 Å². The predicted molar refractivity (Wildman–Crippen MR) is 94.4 cm³/mol. The second kappa shape index (κ2) is 8.59. The summed E-state index contributed by atoms with van der Waals surface area (Å²) in [6, 6.07) is 0. The minimum atomic E-state index is 0.907. The van der Waals surface area contributed by atoms with E-state index in [0.29, 0.717) is 0 Å². The van der Waals surface area contributed by atoms with Crippen molar-refractivity contribution in [1.29, 1.82) is 0 Å². The molecular weight excluding hydrogens is 252 g/mol. The lowest BCUT2D eigenvalue weighted by molar-refractivity contribution is 0.0628. The van der Waals surface area contributed by atoms with Crippen LogP contribution in [0.1, 0.15) is 98.3 Å². The SMILES string of the molecule is CCCCCC1CCC([C@@H]2CC(C)CC[C@H]2C(C)C)CC1. The number of unbranched alkanes of at least 4 members (excludes halogenated alkanes) is 2. The summed E-state index contributed by atoms with van der Waals surface area (Å²) in [6.07, 6.45) is 16.6. The summed E-state index contributed by atoms with van der Waals surface area (Å²) >= 11 is 0. The Hall–Kier alpha value is 0. The summed E-state index contributed by atoms with van der Waals surface area (Å²) in [4.78, 5) is 0. The molecule has 0 heteroatoms. The Balaban J connectivity index is 1.81. The van der Waals surface area contributed by atoms with Gasteiger partial charge in [0.05, 0.1) is 0 Å². The highest BCUT2D eigenvalue weighted by molar-refractivity contribution is 4.87. The van der Waals surface area contributed by atoms with Crippen LogP contribution in [0.15, 0.2) is 0 Å². The van der Waals surface area contributed by atoms with Crippen molar-refractivity contribution in [3.8, 4) is 0 Å². The van der Waals surface area contributed by atoms with Crippen molar-refractivity contribution in [1.82, 2.24) is 0 Å². The van der Waals surface area contributed by atoms with Crippen LogP contribution in [0, 0.1) is 35.5 Å². The summed E-state index contributed by atoms with van der Waals surface area (Å²) in [5.41, 5.74) is 0. The monoisotopic (exact) mass is 292 g/mol. The highest BCUT2D eigenvalue weighted by atomic mass is 14.4. The van der Waals surface area contributed by atoms with Gasteiger partial charge in [0.1, 0.15) is 0 Å². The average Bonchev–Trinajstić information content (AvgIpc) is 2.48. The number of hydrogen-bond acceptors (Lipinski definition) is 0. The Bertz CT molecular complexity index is 272. The second-order valence-electron chi connectivity index (χ2n) is 8.77. The molecule has 0 amide bonds. The molecule has 0 spiro atoms. The van der Waals surface area contributed by atoms with Gasteiger partial charge in [-0.2, -0.15) is 0 Å². The van der Waals surface area contributed by atoms with Crippen LogP contribution >= 0.6 is 0 Å². The summed E-state index contributed by atoms with van der Waals surface area (Å²) in [6.45, 7) is 9.78. The number of rotatable bonds is 6. The Morgan fingerprint density at radius 1 is 0.905 bits per heavy atom. The van der Waals surface area contributed by atoms with E-state index in [-0.39, 0.29) is 0 Å². The van der Waals surface area contributed by atoms with Crippen molar-refractivity contribution >= 4 is 0 Å². The van der Waals surface area contributed by atoms with Gasteiger partial charge >= 0.3 is 0 Å². The highest BCUT2D eigenvalue weighted by Gasteiger charge is 2.37. The van der Waals surface area contributed by atoms with Gasteiger partial charge in [-0.25, -0.2) is 0 Å². The Labute approximate surface area is 134 Å². The van der Waals surface area contributed by atoms with Crippen molar-refractivity contribution in [2.24, 2.45) is 35.5 Å². The molecule has 2 saturated carbocycles. The van der Waals surface area contributed by atoms with Gasteiger partial charge in [-0.15, -0.1) is 0 Å². The molecule has 124 valence electrons. The summed E-state index contributed by atoms with van der Waals surface area (Å²) in [5.74, 6) is 6.14. The minimum absolute atomic E-state index is 0.907. The molecule has 3 atom stereocenters. The number of hydrogen-bond donors (Lipinski definition) is 0. The fraction of sp³-hybridized carbons (Fsp3) is 1.00. The summed E-state index contributed by atoms with van der Waals surface area (Å²) in [7, 11) is 0. The van der Waals surface area contributed by atoms with Crippen molar-refractivity contribution in [2.45, 2.75) is 98.3 Å². The van der Waals surface area contributed by atoms with Gasteiger partial charge in [-0.1, -0.05) is 72.6 Å². The topological polar surface area (TPSA) is 0 Å². The molecule has 0 bridgehead atoms. The molecule has 0 aliphatic heterocycles. The molecule has 2 fully saturated rings. The van der Waals surface area contributed by atoms with E-state index in [1.165, 1.54) is 44.9 Å². The lowest BCUT2D eigenvalue weighted by atomic mass is 9.61. The third-order valence-electron chi connectivity index (χ3n) is 6.79. The van der Waals surface area contributed by atoms with Gasteiger partial charge in [0.15, 0.2) is 0 Å².